The molecule has 1 heterocycles. The Labute approximate surface area is 118 Å². The lowest BCUT2D eigenvalue weighted by Gasteiger charge is -2.12. The van der Waals surface area contributed by atoms with Gasteiger partial charge in [-0.2, -0.15) is 5.10 Å². The Morgan fingerprint density at radius 3 is 3.05 bits per heavy atom. The number of nitrogens with two attached hydrogens (primary N) is 1. The normalized spacial score (nSPS) is 12.1. The molecule has 0 spiro atoms. The number of nitrogens with one attached hydrogen (secondary N) is 1. The summed E-state index contributed by atoms with van der Waals surface area (Å²) in [4.78, 5) is 15.8. The number of anilines is 1. The van der Waals surface area contributed by atoms with Crippen LogP contribution in [0.4, 0.5) is 5.69 Å². The van der Waals surface area contributed by atoms with Crippen molar-refractivity contribution in [3.63, 3.8) is 0 Å². The van der Waals surface area contributed by atoms with E-state index in [1.165, 1.54) is 6.33 Å². The predicted molar refractivity (Wildman–Crippen MR) is 77.1 cm³/mol. The number of carbonyl (C=O) groups excluding carboxylic acids is 1. The third-order valence-corrected chi connectivity index (χ3v) is 2.94. The quantitative estimate of drug-likeness (QED) is 0.832. The first-order valence-corrected chi connectivity index (χ1v) is 6.67. The van der Waals surface area contributed by atoms with E-state index in [1.807, 2.05) is 31.2 Å². The maximum absolute atomic E-state index is 11.9. The Morgan fingerprint density at radius 1 is 1.50 bits per heavy atom. The van der Waals surface area contributed by atoms with E-state index in [0.29, 0.717) is 13.0 Å². The van der Waals surface area contributed by atoms with E-state index < -0.39 is 6.04 Å². The zero-order valence-electron chi connectivity index (χ0n) is 11.5. The summed E-state index contributed by atoms with van der Waals surface area (Å²) in [7, 11) is 0. The molecule has 0 unspecified atom stereocenters. The van der Waals surface area contributed by atoms with Crippen LogP contribution in [0.15, 0.2) is 36.9 Å². The fourth-order valence-corrected chi connectivity index (χ4v) is 1.93. The molecular weight excluding hydrogens is 254 g/mol. The van der Waals surface area contributed by atoms with Gasteiger partial charge in [0.05, 0.1) is 12.6 Å². The molecule has 3 N–H and O–H groups in total. The highest BCUT2D eigenvalue weighted by atomic mass is 16.2. The van der Waals surface area contributed by atoms with E-state index in [4.69, 9.17) is 5.73 Å². The second-order valence-electron chi connectivity index (χ2n) is 4.68. The molecule has 6 nitrogen and oxygen atoms in total. The highest BCUT2D eigenvalue weighted by molar-refractivity contribution is 5.94. The molecule has 0 fully saturated rings. The highest BCUT2D eigenvalue weighted by Gasteiger charge is 2.12. The van der Waals surface area contributed by atoms with Gasteiger partial charge >= 0.3 is 0 Å². The summed E-state index contributed by atoms with van der Waals surface area (Å²) < 4.78 is 1.73. The van der Waals surface area contributed by atoms with Crippen molar-refractivity contribution in [2.75, 3.05) is 5.32 Å². The van der Waals surface area contributed by atoms with Crippen molar-refractivity contribution in [2.24, 2.45) is 5.73 Å². The number of carbonyl (C=O) groups is 1. The molecule has 1 atom stereocenters. The number of rotatable bonds is 6. The largest absolute Gasteiger partial charge is 0.325 e. The molecule has 0 saturated heterocycles. The zero-order chi connectivity index (χ0) is 14.4. The first-order chi connectivity index (χ1) is 9.69. The minimum absolute atomic E-state index is 0.148. The van der Waals surface area contributed by atoms with Crippen LogP contribution in [0.3, 0.4) is 0 Å². The molecule has 0 aliphatic carbocycles. The summed E-state index contributed by atoms with van der Waals surface area (Å²) in [6, 6.07) is 7.18. The van der Waals surface area contributed by atoms with Crippen molar-refractivity contribution in [2.45, 2.75) is 32.4 Å². The fraction of sp³-hybridized carbons (Fsp3) is 0.357. The number of hydrogen-bond acceptors (Lipinski definition) is 4. The van der Waals surface area contributed by atoms with Crippen LogP contribution in [0.1, 0.15) is 25.3 Å². The molecule has 0 radical (unpaired) electrons. The summed E-state index contributed by atoms with van der Waals surface area (Å²) >= 11 is 0. The molecule has 0 bridgehead atoms. The molecule has 1 aromatic carbocycles. The van der Waals surface area contributed by atoms with Crippen LogP contribution >= 0.6 is 0 Å². The predicted octanol–water partition coefficient (Wildman–Crippen LogP) is 1.39. The van der Waals surface area contributed by atoms with E-state index >= 15 is 0 Å². The van der Waals surface area contributed by atoms with E-state index in [9.17, 15) is 4.79 Å². The molecule has 1 amide bonds. The van der Waals surface area contributed by atoms with Crippen LogP contribution in [-0.4, -0.2) is 26.7 Å². The Hall–Kier alpha value is -2.21. The molecule has 20 heavy (non-hydrogen) atoms. The van der Waals surface area contributed by atoms with Gasteiger partial charge in [-0.1, -0.05) is 25.5 Å². The summed E-state index contributed by atoms with van der Waals surface area (Å²) in [6.07, 6.45) is 4.73. The monoisotopic (exact) mass is 273 g/mol. The summed E-state index contributed by atoms with van der Waals surface area (Å²) in [5.74, 6) is -0.148. The Kier molecular flexibility index (Phi) is 4.84. The number of hydrogen-bond donors (Lipinski definition) is 2. The van der Waals surface area contributed by atoms with E-state index in [-0.39, 0.29) is 5.91 Å². The number of benzene rings is 1. The van der Waals surface area contributed by atoms with Gasteiger partial charge in [-0.25, -0.2) is 9.67 Å². The van der Waals surface area contributed by atoms with Gasteiger partial charge < -0.3 is 11.1 Å². The van der Waals surface area contributed by atoms with Gasteiger partial charge in [0.25, 0.3) is 0 Å². The van der Waals surface area contributed by atoms with Crippen LogP contribution in [-0.2, 0) is 11.3 Å². The molecular formula is C14H19N5O. The van der Waals surface area contributed by atoms with Gasteiger partial charge in [0.2, 0.25) is 5.91 Å². The summed E-state index contributed by atoms with van der Waals surface area (Å²) in [6.45, 7) is 2.62. The maximum atomic E-state index is 11.9. The highest BCUT2D eigenvalue weighted by Crippen LogP contribution is 2.12. The van der Waals surface area contributed by atoms with Gasteiger partial charge in [0.15, 0.2) is 0 Å². The van der Waals surface area contributed by atoms with Crippen molar-refractivity contribution in [3.05, 3.63) is 42.5 Å². The van der Waals surface area contributed by atoms with Crippen LogP contribution in [0, 0.1) is 0 Å². The van der Waals surface area contributed by atoms with Crippen LogP contribution in [0.5, 0.6) is 0 Å². The second-order valence-corrected chi connectivity index (χ2v) is 4.68. The van der Waals surface area contributed by atoms with Gasteiger partial charge in [-0.15, -0.1) is 0 Å². The second kappa shape index (κ2) is 6.81. The number of amides is 1. The molecule has 2 aromatic rings. The fourth-order valence-electron chi connectivity index (χ4n) is 1.93. The first-order valence-electron chi connectivity index (χ1n) is 6.67. The van der Waals surface area contributed by atoms with Crippen LogP contribution < -0.4 is 11.1 Å². The van der Waals surface area contributed by atoms with Gasteiger partial charge in [0.1, 0.15) is 12.7 Å². The lowest BCUT2D eigenvalue weighted by molar-refractivity contribution is -0.117. The summed E-state index contributed by atoms with van der Waals surface area (Å²) in [5, 5.41) is 6.89. The third-order valence-electron chi connectivity index (χ3n) is 2.94. The SMILES string of the molecule is CCC[C@H](N)C(=O)Nc1cccc(Cn2cncn2)c1. The molecule has 2 rings (SSSR count). The maximum Gasteiger partial charge on any atom is 0.241 e. The molecule has 1 aromatic heterocycles. The lowest BCUT2D eigenvalue weighted by atomic mass is 10.1. The number of aromatic nitrogens is 3. The van der Waals surface area contributed by atoms with E-state index in [2.05, 4.69) is 15.4 Å². The standard InChI is InChI=1S/C14H19N5O/c1-2-4-13(15)14(20)18-12-6-3-5-11(7-12)8-19-10-16-9-17-19/h3,5-7,9-10,13H,2,4,8,15H2,1H3,(H,18,20)/t13-/m0/s1. The Bertz CT molecular complexity index is 552. The zero-order valence-corrected chi connectivity index (χ0v) is 11.5. The van der Waals surface area contributed by atoms with Gasteiger partial charge in [0, 0.05) is 5.69 Å². The average molecular weight is 273 g/mol. The third kappa shape index (κ3) is 3.89. The van der Waals surface area contributed by atoms with E-state index in [0.717, 1.165) is 17.7 Å². The topological polar surface area (TPSA) is 85.8 Å². The molecule has 106 valence electrons. The molecule has 0 aliphatic heterocycles. The van der Waals surface area contributed by atoms with Crippen molar-refractivity contribution < 1.29 is 4.79 Å². The summed E-state index contributed by atoms with van der Waals surface area (Å²) in [5.41, 5.74) is 7.58. The number of nitrogens with zero attached hydrogens (tertiary/aromatic N) is 3. The van der Waals surface area contributed by atoms with Crippen molar-refractivity contribution in [1.29, 1.82) is 0 Å². The smallest absolute Gasteiger partial charge is 0.241 e. The van der Waals surface area contributed by atoms with Crippen LogP contribution in [0.25, 0.3) is 0 Å². The van der Waals surface area contributed by atoms with Crippen molar-refractivity contribution >= 4 is 11.6 Å². The van der Waals surface area contributed by atoms with Gasteiger partial charge in [-0.3, -0.25) is 4.79 Å². The lowest BCUT2D eigenvalue weighted by Crippen LogP contribution is -2.35. The molecule has 6 heteroatoms. The Morgan fingerprint density at radius 2 is 2.35 bits per heavy atom. The van der Waals surface area contributed by atoms with Crippen molar-refractivity contribution in [3.8, 4) is 0 Å². The minimum Gasteiger partial charge on any atom is -0.325 e. The minimum atomic E-state index is -0.459. The Balaban J connectivity index is 2.00. The molecule has 0 saturated carbocycles. The molecule has 0 aliphatic rings. The van der Waals surface area contributed by atoms with Gasteiger partial charge in [-0.05, 0) is 24.1 Å². The van der Waals surface area contributed by atoms with E-state index in [1.54, 1.807) is 11.0 Å². The van der Waals surface area contributed by atoms with Crippen molar-refractivity contribution in [1.82, 2.24) is 14.8 Å². The first kappa shape index (κ1) is 14.2. The van der Waals surface area contributed by atoms with Crippen LogP contribution in [0.2, 0.25) is 0 Å². The average Bonchev–Trinajstić information content (AvgIpc) is 2.92.